The topological polar surface area (TPSA) is 236 Å². The van der Waals surface area contributed by atoms with Crippen molar-refractivity contribution in [3.05, 3.63) is 330 Å². The first-order valence-electron chi connectivity index (χ1n) is 49.0. The number of phenols is 4. The molecule has 0 radical (unpaired) electrons. The van der Waals surface area contributed by atoms with Crippen LogP contribution in [0.15, 0.2) is 249 Å². The van der Waals surface area contributed by atoms with Crippen molar-refractivity contribution in [2.45, 2.75) is 101 Å². The molecule has 0 saturated carbocycles. The number of phenolic OH excluding ortho intramolecular Hbond substituents is 4. The molecule has 20 nitrogen and oxygen atoms in total. The minimum Gasteiger partial charge on any atom is -0.508 e. The van der Waals surface area contributed by atoms with Gasteiger partial charge in [-0.2, -0.15) is 0 Å². The number of ether oxygens (including phenoxy) is 8. The molecule has 4 atom stereocenters. The van der Waals surface area contributed by atoms with Crippen molar-refractivity contribution >= 4 is 109 Å². The number of likely N-dealkylation sites (tertiary alicyclic amines) is 4. The SMILES string of the molecule is C[C@H]1CCN(CCCOc2ccc(Oc3c(C(=O)c4ccccc4)sc4cc(O)ccc34)cc2)C1.Cc1cc(F)cc(C)c1C(=O)c1sc2cc(O)ccc2c1Oc1ccc(OCCN2CC[C@H](C)C2)cc1.Cc1cc(F)cc(C)c1C(=O)c1sc2cc(O)ccc2c1Oc1ccc(OCN2CC[C@@H](C)C2)cc1.Cc1ccccc1C(=O)c1sc2cc(O)ccc2c1Oc1ccc(OCCCN2CC[C@H](C)C2)cc1. The van der Waals surface area contributed by atoms with Crippen molar-refractivity contribution in [1.29, 1.82) is 0 Å². The lowest BCUT2D eigenvalue weighted by atomic mass is 9.97. The zero-order valence-corrected chi connectivity index (χ0v) is 85.5. The number of carbonyl (C=O) groups is 4. The standard InChI is InChI=1S/C30H30FNO4S.C30H31NO4S.C29H28FNO4S.C29H29NO4S/c1-18-10-11-32(17-18)12-13-35-23-5-7-24(8-6-23)36-29-25-9-4-22(33)16-26(25)37-30(29)28(34)27-19(2)14-21(31)15-20(27)3;1-20-14-16-31(19-20)15-5-17-34-23-9-11-24(12-10-23)35-29-26-13-8-22(32)18-27(26)36-30(29)28(33)25-7-4-3-6-21(25)2;1-17-10-11-31(15-17)16-34-22-5-7-23(8-6-22)35-28-24-9-4-21(32)14-25(24)36-29(28)27(33)26-18(2)12-20(30)13-19(26)3;1-20-14-16-30(19-20)15-5-17-33-23-9-11-24(12-10-23)34-28-25-13-8-22(31)18-26(25)35-29(28)27(32)21-6-3-2-4-7-21/h4-9,14-16,18,33H,10-13,17H2,1-3H3;3-4,6-13,18,20,32H,5,14-17,19H2,1-2H3;4-9,12-14,17,32H,10-11,15-16H2,1-3H3;2-4,6-13,18,20,31H,5,14-17,19H2,1H3/t18-;20-;17-;20-/m0010/s1. The highest BCUT2D eigenvalue weighted by Gasteiger charge is 2.32. The van der Waals surface area contributed by atoms with Crippen molar-refractivity contribution in [2.75, 3.05) is 98.5 Å². The fraction of sp³-hybridized carbons (Fsp3) is 0.288. The predicted octanol–water partition coefficient (Wildman–Crippen LogP) is 28.0. The van der Waals surface area contributed by atoms with E-state index in [0.29, 0.717) is 142 Å². The van der Waals surface area contributed by atoms with E-state index in [9.17, 15) is 48.4 Å². The van der Waals surface area contributed by atoms with Crippen LogP contribution in [0.3, 0.4) is 0 Å². The minimum atomic E-state index is -0.374. The Morgan fingerprint density at radius 1 is 0.312 bits per heavy atom. The monoisotopic (exact) mass is 2010 g/mol. The second-order valence-electron chi connectivity index (χ2n) is 38.0. The Labute approximate surface area is 853 Å². The number of carbonyl (C=O) groups excluding carboxylic acids is 4. The van der Waals surface area contributed by atoms with Gasteiger partial charge in [-0.1, -0.05) is 82.3 Å². The van der Waals surface area contributed by atoms with Crippen molar-refractivity contribution in [2.24, 2.45) is 23.7 Å². The third kappa shape index (κ3) is 25.4. The van der Waals surface area contributed by atoms with Gasteiger partial charge in [0.15, 0.2) is 23.0 Å². The second kappa shape index (κ2) is 46.9. The van der Waals surface area contributed by atoms with Crippen molar-refractivity contribution in [3.8, 4) is 92.0 Å². The Balaban J connectivity index is 0.000000132. The molecule has 4 N–H and O–H groups in total. The Morgan fingerprint density at radius 2 is 0.604 bits per heavy atom. The number of halogens is 2. The predicted molar refractivity (Wildman–Crippen MR) is 570 cm³/mol. The lowest BCUT2D eigenvalue weighted by Gasteiger charge is -2.16. The molecule has 20 rings (SSSR count). The van der Waals surface area contributed by atoms with Crippen LogP contribution in [-0.4, -0.2) is 162 Å². The van der Waals surface area contributed by atoms with Gasteiger partial charge in [0.25, 0.3) is 0 Å². The Hall–Kier alpha value is -13.5. The zero-order chi connectivity index (χ0) is 101. The van der Waals surface area contributed by atoms with Crippen molar-refractivity contribution in [3.63, 3.8) is 0 Å². The van der Waals surface area contributed by atoms with Crippen LogP contribution in [0.2, 0.25) is 0 Å². The molecule has 744 valence electrons. The molecule has 144 heavy (non-hydrogen) atoms. The number of hydrogen-bond donors (Lipinski definition) is 4. The van der Waals surface area contributed by atoms with Crippen LogP contribution in [0.5, 0.6) is 92.0 Å². The quantitative estimate of drug-likeness (QED) is 0.0221. The molecule has 0 spiro atoms. The molecule has 0 aliphatic carbocycles. The third-order valence-corrected chi connectivity index (χ3v) is 30.8. The van der Waals surface area contributed by atoms with Gasteiger partial charge >= 0.3 is 0 Å². The van der Waals surface area contributed by atoms with Gasteiger partial charge < -0.3 is 68.1 Å². The molecule has 0 amide bonds. The summed E-state index contributed by atoms with van der Waals surface area (Å²) in [5.74, 6) is 9.52. The Bertz CT molecular complexity index is 7200. The highest BCUT2D eigenvalue weighted by molar-refractivity contribution is 7.22. The molecular formula is C118H118F2N4O16S4. The lowest BCUT2D eigenvalue weighted by Crippen LogP contribution is -2.25. The van der Waals surface area contributed by atoms with Gasteiger partial charge in [-0.15, -0.1) is 45.3 Å². The highest BCUT2D eigenvalue weighted by atomic mass is 32.1. The molecule has 16 aromatic rings. The molecule has 4 fully saturated rings. The van der Waals surface area contributed by atoms with E-state index in [-0.39, 0.29) is 57.8 Å². The fourth-order valence-electron chi connectivity index (χ4n) is 18.8. The van der Waals surface area contributed by atoms with Gasteiger partial charge in [0.05, 0.1) is 13.2 Å². The van der Waals surface area contributed by atoms with Crippen molar-refractivity contribution < 1.29 is 86.3 Å². The fourth-order valence-corrected chi connectivity index (χ4v) is 23.3. The van der Waals surface area contributed by atoms with E-state index >= 15 is 0 Å². The van der Waals surface area contributed by atoms with E-state index in [0.717, 1.165) is 145 Å². The molecule has 4 aliphatic rings. The van der Waals surface area contributed by atoms with E-state index in [1.807, 2.05) is 146 Å². The summed E-state index contributed by atoms with van der Waals surface area (Å²) in [6, 6.07) is 71.9. The number of rotatable bonds is 33. The summed E-state index contributed by atoms with van der Waals surface area (Å²) in [5, 5.41) is 42.9. The molecule has 0 bridgehead atoms. The number of aryl methyl sites for hydroxylation is 5. The zero-order valence-electron chi connectivity index (χ0n) is 82.2. The molecule has 0 unspecified atom stereocenters. The second-order valence-corrected chi connectivity index (χ2v) is 42.2. The van der Waals surface area contributed by atoms with Gasteiger partial charge in [0.1, 0.15) is 113 Å². The van der Waals surface area contributed by atoms with Crippen LogP contribution in [0.25, 0.3) is 40.3 Å². The van der Waals surface area contributed by atoms with Gasteiger partial charge in [-0.05, 0) is 338 Å². The highest BCUT2D eigenvalue weighted by Crippen LogP contribution is 2.49. The average molecular weight is 2010 g/mol. The van der Waals surface area contributed by atoms with Crippen LogP contribution in [0.4, 0.5) is 8.78 Å². The van der Waals surface area contributed by atoms with Gasteiger partial charge in [0.2, 0.25) is 23.1 Å². The van der Waals surface area contributed by atoms with Crippen LogP contribution in [0, 0.1) is 69.9 Å². The first-order chi connectivity index (χ1) is 69.6. The number of ketones is 4. The van der Waals surface area contributed by atoms with E-state index in [1.54, 1.807) is 113 Å². The Kier molecular flexibility index (Phi) is 33.2. The number of benzene rings is 12. The normalized spacial score (nSPS) is 15.9. The first-order valence-corrected chi connectivity index (χ1v) is 52.2. The molecule has 8 heterocycles. The number of aromatic hydroxyl groups is 4. The molecule has 26 heteroatoms. The maximum atomic E-state index is 13.9. The van der Waals surface area contributed by atoms with E-state index in [2.05, 4.69) is 47.3 Å². The first kappa shape index (κ1) is 102. The number of thiophene rings is 4. The largest absolute Gasteiger partial charge is 0.508 e. The van der Waals surface area contributed by atoms with Gasteiger partial charge in [-0.3, -0.25) is 29.0 Å². The lowest BCUT2D eigenvalue weighted by molar-refractivity contribution is 0.103. The average Bonchev–Trinajstić information content (AvgIpc) is 1.63. The van der Waals surface area contributed by atoms with Crippen LogP contribution in [0.1, 0.15) is 155 Å². The maximum absolute atomic E-state index is 13.9. The molecule has 4 aliphatic heterocycles. The summed E-state index contributed by atoms with van der Waals surface area (Å²) >= 11 is 5.16. The van der Waals surface area contributed by atoms with Crippen LogP contribution in [-0.2, 0) is 0 Å². The van der Waals surface area contributed by atoms with E-state index < -0.39 is 0 Å². The number of nitrogens with zero attached hydrogens (tertiary/aromatic N) is 4. The van der Waals surface area contributed by atoms with Crippen LogP contribution >= 0.6 is 45.3 Å². The van der Waals surface area contributed by atoms with Crippen LogP contribution < -0.4 is 37.9 Å². The maximum Gasteiger partial charge on any atom is 0.207 e. The van der Waals surface area contributed by atoms with E-state index in [1.165, 1.54) is 121 Å². The molecule has 4 aromatic heterocycles. The summed E-state index contributed by atoms with van der Waals surface area (Å²) in [4.78, 5) is 65.7. The number of hydrogen-bond acceptors (Lipinski definition) is 24. The van der Waals surface area contributed by atoms with Crippen molar-refractivity contribution in [1.82, 2.24) is 19.6 Å². The van der Waals surface area contributed by atoms with Gasteiger partial charge in [0, 0.05) is 115 Å². The Morgan fingerprint density at radius 3 is 0.938 bits per heavy atom. The van der Waals surface area contributed by atoms with E-state index in [4.69, 9.17) is 37.9 Å². The summed E-state index contributed by atoms with van der Waals surface area (Å²) in [7, 11) is 0. The molecule has 12 aromatic carbocycles. The summed E-state index contributed by atoms with van der Waals surface area (Å²) in [6.45, 7) is 32.7. The molecular weight excluding hydrogens is 1900 g/mol. The summed E-state index contributed by atoms with van der Waals surface area (Å²) in [6.07, 6.45) is 7.03. The summed E-state index contributed by atoms with van der Waals surface area (Å²) in [5.41, 5.74) is 5.34. The van der Waals surface area contributed by atoms with Gasteiger partial charge in [-0.25, -0.2) is 8.78 Å². The molecule has 4 saturated heterocycles. The minimum absolute atomic E-state index is 0.0869. The third-order valence-electron chi connectivity index (χ3n) is 26.3. The number of fused-ring (bicyclic) bond motifs is 4. The summed E-state index contributed by atoms with van der Waals surface area (Å²) < 4.78 is 79.6. The smallest absolute Gasteiger partial charge is 0.207 e.